The van der Waals surface area contributed by atoms with E-state index >= 15 is 0 Å². The first-order valence-electron chi connectivity index (χ1n) is 6.21. The number of hydrogen-bond acceptors (Lipinski definition) is 2. The van der Waals surface area contributed by atoms with Crippen molar-refractivity contribution in [3.63, 3.8) is 0 Å². The van der Waals surface area contributed by atoms with Gasteiger partial charge < -0.3 is 5.32 Å². The van der Waals surface area contributed by atoms with Gasteiger partial charge >= 0.3 is 0 Å². The highest BCUT2D eigenvalue weighted by Crippen LogP contribution is 2.08. The molecule has 1 heterocycles. The van der Waals surface area contributed by atoms with Crippen molar-refractivity contribution in [1.29, 1.82) is 0 Å². The normalized spacial score (nSPS) is 10.6. The summed E-state index contributed by atoms with van der Waals surface area (Å²) in [6.45, 7) is 4.70. The van der Waals surface area contributed by atoms with Crippen LogP contribution in [0.15, 0.2) is 24.3 Å². The Morgan fingerprint density at radius 3 is 2.60 bits per heavy atom. The van der Waals surface area contributed by atoms with E-state index in [0.29, 0.717) is 13.1 Å². The molecule has 0 unspecified atom stereocenters. The van der Waals surface area contributed by atoms with E-state index < -0.39 is 17.5 Å². The Hall–Kier alpha value is -2.24. The number of hydrogen-bond donors (Lipinski definition) is 1. The van der Waals surface area contributed by atoms with Crippen LogP contribution in [0.2, 0.25) is 0 Å². The van der Waals surface area contributed by atoms with Crippen molar-refractivity contribution in [1.82, 2.24) is 15.1 Å². The topological polar surface area (TPSA) is 46.9 Å². The predicted molar refractivity (Wildman–Crippen MR) is 70.4 cm³/mol. The van der Waals surface area contributed by atoms with Crippen LogP contribution in [0.5, 0.6) is 0 Å². The van der Waals surface area contributed by atoms with Crippen molar-refractivity contribution in [2.75, 3.05) is 6.54 Å². The monoisotopic (exact) mass is 279 g/mol. The third kappa shape index (κ3) is 3.20. The van der Waals surface area contributed by atoms with Crippen LogP contribution in [-0.4, -0.2) is 22.2 Å². The Bertz CT molecular complexity index is 637. The Morgan fingerprint density at radius 1 is 1.25 bits per heavy atom. The summed E-state index contributed by atoms with van der Waals surface area (Å²) < 4.78 is 27.6. The number of nitrogens with one attached hydrogen (secondary N) is 1. The lowest BCUT2D eigenvalue weighted by molar-refractivity contribution is 0.0951. The summed E-state index contributed by atoms with van der Waals surface area (Å²) in [6.07, 6.45) is 0. The van der Waals surface area contributed by atoms with E-state index in [2.05, 4.69) is 10.4 Å². The number of amides is 1. The molecular weight excluding hydrogens is 264 g/mol. The second-order valence-corrected chi connectivity index (χ2v) is 4.54. The van der Waals surface area contributed by atoms with E-state index in [4.69, 9.17) is 0 Å². The zero-order valence-corrected chi connectivity index (χ0v) is 11.3. The highest BCUT2D eigenvalue weighted by Gasteiger charge is 2.09. The Balaban J connectivity index is 1.92. The van der Waals surface area contributed by atoms with E-state index in [0.717, 1.165) is 23.5 Å². The van der Waals surface area contributed by atoms with Gasteiger partial charge in [-0.15, -0.1) is 0 Å². The predicted octanol–water partition coefficient (Wildman–Crippen LogP) is 2.21. The SMILES string of the molecule is Cc1cc(C)n(CCNC(=O)c2ccc(F)c(F)c2)n1. The summed E-state index contributed by atoms with van der Waals surface area (Å²) in [5.74, 6) is -2.44. The summed E-state index contributed by atoms with van der Waals surface area (Å²) in [4.78, 5) is 11.8. The number of nitrogens with zero attached hydrogens (tertiary/aromatic N) is 2. The smallest absolute Gasteiger partial charge is 0.251 e. The van der Waals surface area contributed by atoms with Crippen LogP contribution in [0.4, 0.5) is 8.78 Å². The lowest BCUT2D eigenvalue weighted by Crippen LogP contribution is -2.27. The molecule has 0 saturated carbocycles. The summed E-state index contributed by atoms with van der Waals surface area (Å²) in [5, 5.41) is 6.90. The van der Waals surface area contributed by atoms with Gasteiger partial charge in [0.05, 0.1) is 12.2 Å². The second-order valence-electron chi connectivity index (χ2n) is 4.54. The molecule has 0 aliphatic rings. The molecule has 106 valence electrons. The molecule has 2 aromatic rings. The molecule has 1 aromatic carbocycles. The number of carbonyl (C=O) groups is 1. The molecule has 4 nitrogen and oxygen atoms in total. The van der Waals surface area contributed by atoms with Gasteiger partial charge in [0.25, 0.3) is 5.91 Å². The molecule has 0 spiro atoms. The van der Waals surface area contributed by atoms with Crippen LogP contribution in [0.1, 0.15) is 21.7 Å². The molecule has 1 amide bonds. The number of aryl methyl sites for hydroxylation is 2. The minimum Gasteiger partial charge on any atom is -0.350 e. The zero-order valence-electron chi connectivity index (χ0n) is 11.3. The lowest BCUT2D eigenvalue weighted by atomic mass is 10.2. The third-order valence-electron chi connectivity index (χ3n) is 2.89. The van der Waals surface area contributed by atoms with Gasteiger partial charge in [0.15, 0.2) is 11.6 Å². The van der Waals surface area contributed by atoms with E-state index in [1.54, 1.807) is 4.68 Å². The van der Waals surface area contributed by atoms with Crippen LogP contribution in [0.25, 0.3) is 0 Å². The number of benzene rings is 1. The fraction of sp³-hybridized carbons (Fsp3) is 0.286. The first-order valence-corrected chi connectivity index (χ1v) is 6.21. The molecule has 0 radical (unpaired) electrons. The van der Waals surface area contributed by atoms with Gasteiger partial charge in [-0.2, -0.15) is 5.10 Å². The van der Waals surface area contributed by atoms with E-state index in [-0.39, 0.29) is 5.56 Å². The average Bonchev–Trinajstić information content (AvgIpc) is 2.71. The molecule has 2 rings (SSSR count). The summed E-state index contributed by atoms with van der Waals surface area (Å²) in [7, 11) is 0. The molecule has 1 N–H and O–H groups in total. The molecular formula is C14H15F2N3O. The summed E-state index contributed by atoms with van der Waals surface area (Å²) in [5.41, 5.74) is 2.01. The fourth-order valence-electron chi connectivity index (χ4n) is 1.92. The number of carbonyl (C=O) groups excluding carboxylic acids is 1. The highest BCUT2D eigenvalue weighted by molar-refractivity contribution is 5.94. The minimum absolute atomic E-state index is 0.0947. The second kappa shape index (κ2) is 5.81. The van der Waals surface area contributed by atoms with Crippen LogP contribution >= 0.6 is 0 Å². The van der Waals surface area contributed by atoms with Gasteiger partial charge in [0.2, 0.25) is 0 Å². The maximum absolute atomic E-state index is 13.0. The van der Waals surface area contributed by atoms with E-state index in [1.807, 2.05) is 19.9 Å². The van der Waals surface area contributed by atoms with Gasteiger partial charge in [-0.3, -0.25) is 9.48 Å². The van der Waals surface area contributed by atoms with Crippen LogP contribution in [-0.2, 0) is 6.54 Å². The van der Waals surface area contributed by atoms with Gasteiger partial charge in [-0.1, -0.05) is 0 Å². The quantitative estimate of drug-likeness (QED) is 0.932. The zero-order chi connectivity index (χ0) is 14.7. The molecule has 0 fully saturated rings. The van der Waals surface area contributed by atoms with Gasteiger partial charge in [-0.25, -0.2) is 8.78 Å². The first-order chi connectivity index (χ1) is 9.47. The Kier molecular flexibility index (Phi) is 4.12. The number of halogens is 2. The van der Waals surface area contributed by atoms with Crippen molar-refractivity contribution in [2.45, 2.75) is 20.4 Å². The molecule has 20 heavy (non-hydrogen) atoms. The maximum Gasteiger partial charge on any atom is 0.251 e. The van der Waals surface area contributed by atoms with Crippen molar-refractivity contribution in [2.24, 2.45) is 0 Å². The Morgan fingerprint density at radius 2 is 2.00 bits per heavy atom. The minimum atomic E-state index is -1.03. The lowest BCUT2D eigenvalue weighted by Gasteiger charge is -2.07. The van der Waals surface area contributed by atoms with E-state index in [1.165, 1.54) is 6.07 Å². The van der Waals surface area contributed by atoms with Crippen LogP contribution in [0, 0.1) is 25.5 Å². The largest absolute Gasteiger partial charge is 0.350 e. The van der Waals surface area contributed by atoms with Gasteiger partial charge in [0, 0.05) is 17.8 Å². The van der Waals surface area contributed by atoms with Crippen molar-refractivity contribution in [3.8, 4) is 0 Å². The highest BCUT2D eigenvalue weighted by atomic mass is 19.2. The molecule has 0 aliphatic carbocycles. The summed E-state index contributed by atoms with van der Waals surface area (Å²) >= 11 is 0. The molecule has 1 aromatic heterocycles. The van der Waals surface area contributed by atoms with Crippen molar-refractivity contribution >= 4 is 5.91 Å². The van der Waals surface area contributed by atoms with Gasteiger partial charge in [0.1, 0.15) is 0 Å². The van der Waals surface area contributed by atoms with Crippen LogP contribution < -0.4 is 5.32 Å². The fourth-order valence-corrected chi connectivity index (χ4v) is 1.92. The molecule has 0 saturated heterocycles. The van der Waals surface area contributed by atoms with E-state index in [9.17, 15) is 13.6 Å². The molecule has 0 aliphatic heterocycles. The molecule has 6 heteroatoms. The summed E-state index contributed by atoms with van der Waals surface area (Å²) in [6, 6.07) is 5.01. The molecule has 0 bridgehead atoms. The third-order valence-corrected chi connectivity index (χ3v) is 2.89. The Labute approximate surface area is 115 Å². The van der Waals surface area contributed by atoms with Crippen molar-refractivity contribution in [3.05, 3.63) is 52.9 Å². The number of rotatable bonds is 4. The number of aromatic nitrogens is 2. The average molecular weight is 279 g/mol. The van der Waals surface area contributed by atoms with Crippen molar-refractivity contribution < 1.29 is 13.6 Å². The van der Waals surface area contributed by atoms with Gasteiger partial charge in [-0.05, 0) is 38.1 Å². The van der Waals surface area contributed by atoms with Crippen LogP contribution in [0.3, 0.4) is 0 Å². The maximum atomic E-state index is 13.0. The molecule has 0 atom stereocenters. The standard InChI is InChI=1S/C14H15F2N3O/c1-9-7-10(2)19(18-9)6-5-17-14(20)11-3-4-12(15)13(16)8-11/h3-4,7-8H,5-6H2,1-2H3,(H,17,20). The first kappa shape index (κ1) is 14.2.